The smallest absolute Gasteiger partial charge is 0.181 e. The van der Waals surface area contributed by atoms with Crippen molar-refractivity contribution in [1.82, 2.24) is 9.97 Å². The Morgan fingerprint density at radius 2 is 1.75 bits per heavy atom. The van der Waals surface area contributed by atoms with Crippen molar-refractivity contribution in [3.8, 4) is 0 Å². The summed E-state index contributed by atoms with van der Waals surface area (Å²) >= 11 is 0. The van der Waals surface area contributed by atoms with Crippen LogP contribution in [-0.2, 0) is 6.42 Å². The van der Waals surface area contributed by atoms with Crippen LogP contribution in [0.1, 0.15) is 22.6 Å². The lowest BCUT2D eigenvalue weighted by Gasteiger charge is -1.99. The maximum absolute atomic E-state index is 11.7. The molecule has 3 nitrogen and oxygen atoms in total. The molecule has 2 aromatic rings. The lowest BCUT2D eigenvalue weighted by atomic mass is 10.1. The summed E-state index contributed by atoms with van der Waals surface area (Å²) in [5.41, 5.74) is 1.46. The van der Waals surface area contributed by atoms with E-state index in [1.54, 1.807) is 24.5 Å². The van der Waals surface area contributed by atoms with E-state index in [0.717, 1.165) is 5.69 Å². The van der Waals surface area contributed by atoms with Crippen molar-refractivity contribution >= 4 is 5.78 Å². The van der Waals surface area contributed by atoms with E-state index in [4.69, 9.17) is 0 Å². The van der Waals surface area contributed by atoms with Crippen LogP contribution >= 0.6 is 0 Å². The highest BCUT2D eigenvalue weighted by Gasteiger charge is 2.06. The van der Waals surface area contributed by atoms with Gasteiger partial charge >= 0.3 is 0 Å². The summed E-state index contributed by atoms with van der Waals surface area (Å²) in [4.78, 5) is 19.9. The summed E-state index contributed by atoms with van der Waals surface area (Å²) in [5.74, 6) is 0.0613. The molecule has 0 atom stereocenters. The van der Waals surface area contributed by atoms with E-state index in [0.29, 0.717) is 18.5 Å². The first-order valence-corrected chi connectivity index (χ1v) is 5.20. The second-order valence-corrected chi connectivity index (χ2v) is 3.46. The van der Waals surface area contributed by atoms with Crippen LogP contribution in [0.2, 0.25) is 0 Å². The van der Waals surface area contributed by atoms with Gasteiger partial charge in [-0.1, -0.05) is 12.1 Å². The van der Waals surface area contributed by atoms with Gasteiger partial charge in [0.2, 0.25) is 0 Å². The van der Waals surface area contributed by atoms with Crippen LogP contribution in [0, 0.1) is 0 Å². The highest BCUT2D eigenvalue weighted by molar-refractivity contribution is 5.94. The summed E-state index contributed by atoms with van der Waals surface area (Å²) < 4.78 is 0. The van der Waals surface area contributed by atoms with Gasteiger partial charge in [-0.15, -0.1) is 0 Å². The highest BCUT2D eigenvalue weighted by atomic mass is 16.1. The number of Topliss-reactive ketones (excluding diaryl/α,β-unsaturated/α-hetero) is 1. The minimum absolute atomic E-state index is 0.0613. The highest BCUT2D eigenvalue weighted by Crippen LogP contribution is 2.04. The van der Waals surface area contributed by atoms with E-state index in [1.807, 2.05) is 24.3 Å². The molecule has 0 aliphatic heterocycles. The number of ketones is 1. The summed E-state index contributed by atoms with van der Waals surface area (Å²) in [7, 11) is 0. The zero-order valence-corrected chi connectivity index (χ0v) is 8.84. The Morgan fingerprint density at radius 3 is 2.38 bits per heavy atom. The molecule has 2 rings (SSSR count). The molecule has 0 bridgehead atoms. The first kappa shape index (κ1) is 10.5. The molecule has 3 heteroatoms. The van der Waals surface area contributed by atoms with Gasteiger partial charge in [0.25, 0.3) is 0 Å². The van der Waals surface area contributed by atoms with Crippen molar-refractivity contribution in [2.45, 2.75) is 12.8 Å². The number of aryl methyl sites for hydroxylation is 1. The Balaban J connectivity index is 1.95. The molecule has 0 N–H and O–H groups in total. The molecule has 0 aliphatic carbocycles. The number of carbonyl (C=O) groups is 1. The van der Waals surface area contributed by atoms with Crippen molar-refractivity contribution in [1.29, 1.82) is 0 Å². The van der Waals surface area contributed by atoms with E-state index in [9.17, 15) is 4.79 Å². The molecule has 80 valence electrons. The van der Waals surface area contributed by atoms with Crippen LogP contribution in [0.25, 0.3) is 0 Å². The fourth-order valence-electron chi connectivity index (χ4n) is 1.44. The second kappa shape index (κ2) is 5.16. The average Bonchev–Trinajstić information content (AvgIpc) is 2.38. The zero-order chi connectivity index (χ0) is 11.2. The minimum atomic E-state index is 0.0613. The number of nitrogens with zero attached hydrogens (tertiary/aromatic N) is 2. The quantitative estimate of drug-likeness (QED) is 0.730. The largest absolute Gasteiger partial charge is 0.292 e. The molecule has 0 spiro atoms. The second-order valence-electron chi connectivity index (χ2n) is 3.46. The van der Waals surface area contributed by atoms with Crippen molar-refractivity contribution in [3.63, 3.8) is 0 Å². The molecule has 2 aromatic heterocycles. The van der Waals surface area contributed by atoms with Crippen molar-refractivity contribution in [3.05, 3.63) is 60.2 Å². The van der Waals surface area contributed by atoms with Crippen LogP contribution in [0.5, 0.6) is 0 Å². The van der Waals surface area contributed by atoms with Gasteiger partial charge in [0.1, 0.15) is 5.69 Å². The fourth-order valence-corrected chi connectivity index (χ4v) is 1.44. The van der Waals surface area contributed by atoms with Crippen molar-refractivity contribution in [2.75, 3.05) is 0 Å². The van der Waals surface area contributed by atoms with Crippen LogP contribution < -0.4 is 0 Å². The third-order valence-electron chi connectivity index (χ3n) is 2.28. The monoisotopic (exact) mass is 212 g/mol. The van der Waals surface area contributed by atoms with E-state index in [1.165, 1.54) is 0 Å². The van der Waals surface area contributed by atoms with Gasteiger partial charge in [0, 0.05) is 24.5 Å². The zero-order valence-electron chi connectivity index (χ0n) is 8.84. The summed E-state index contributed by atoms with van der Waals surface area (Å²) in [5, 5.41) is 0. The molecule has 2 heterocycles. The van der Waals surface area contributed by atoms with Crippen LogP contribution in [0.15, 0.2) is 48.8 Å². The number of aromatic nitrogens is 2. The van der Waals surface area contributed by atoms with Crippen LogP contribution in [0.4, 0.5) is 0 Å². The molecule has 0 aromatic carbocycles. The fraction of sp³-hybridized carbons (Fsp3) is 0.154. The first-order valence-electron chi connectivity index (χ1n) is 5.20. The first-order chi connectivity index (χ1) is 7.86. The lowest BCUT2D eigenvalue weighted by molar-refractivity contribution is 0.0977. The molecule has 16 heavy (non-hydrogen) atoms. The molecular weight excluding hydrogens is 200 g/mol. The number of hydrogen-bond acceptors (Lipinski definition) is 3. The van der Waals surface area contributed by atoms with E-state index >= 15 is 0 Å². The van der Waals surface area contributed by atoms with Gasteiger partial charge in [-0.05, 0) is 30.7 Å². The predicted octanol–water partition coefficient (Wildman–Crippen LogP) is 2.29. The van der Waals surface area contributed by atoms with Crippen molar-refractivity contribution < 1.29 is 4.79 Å². The number of hydrogen-bond donors (Lipinski definition) is 0. The normalized spacial score (nSPS) is 10.0. The topological polar surface area (TPSA) is 42.9 Å². The van der Waals surface area contributed by atoms with Gasteiger partial charge in [0.05, 0.1) is 0 Å². The molecule has 0 radical (unpaired) electrons. The SMILES string of the molecule is O=C(CCc1ccccn1)c1ccccn1. The Hall–Kier alpha value is -2.03. The van der Waals surface area contributed by atoms with Gasteiger partial charge in [0.15, 0.2) is 5.78 Å². The van der Waals surface area contributed by atoms with Crippen LogP contribution in [0.3, 0.4) is 0 Å². The number of pyridine rings is 2. The van der Waals surface area contributed by atoms with Gasteiger partial charge in [-0.3, -0.25) is 14.8 Å². The predicted molar refractivity (Wildman–Crippen MR) is 61.1 cm³/mol. The van der Waals surface area contributed by atoms with E-state index in [-0.39, 0.29) is 5.78 Å². The minimum Gasteiger partial charge on any atom is -0.292 e. The van der Waals surface area contributed by atoms with Gasteiger partial charge in [-0.2, -0.15) is 0 Å². The Morgan fingerprint density at radius 1 is 1.00 bits per heavy atom. The number of rotatable bonds is 4. The van der Waals surface area contributed by atoms with E-state index in [2.05, 4.69) is 9.97 Å². The number of carbonyl (C=O) groups excluding carboxylic acids is 1. The lowest BCUT2D eigenvalue weighted by Crippen LogP contribution is -2.03. The standard InChI is InChI=1S/C13H12N2O/c16-13(12-6-2-4-10-15-12)8-7-11-5-1-3-9-14-11/h1-6,9-10H,7-8H2. The Bertz CT molecular complexity index is 454. The maximum Gasteiger partial charge on any atom is 0.181 e. The maximum atomic E-state index is 11.7. The van der Waals surface area contributed by atoms with Gasteiger partial charge < -0.3 is 0 Å². The van der Waals surface area contributed by atoms with Crippen LogP contribution in [-0.4, -0.2) is 15.8 Å². The third-order valence-corrected chi connectivity index (χ3v) is 2.28. The summed E-state index contributed by atoms with van der Waals surface area (Å²) in [6.07, 6.45) is 4.48. The van der Waals surface area contributed by atoms with E-state index < -0.39 is 0 Å². The van der Waals surface area contributed by atoms with Crippen molar-refractivity contribution in [2.24, 2.45) is 0 Å². The molecule has 0 saturated carbocycles. The Kier molecular flexibility index (Phi) is 3.38. The summed E-state index contributed by atoms with van der Waals surface area (Å²) in [6, 6.07) is 11.1. The molecule has 0 saturated heterocycles. The third kappa shape index (κ3) is 2.73. The average molecular weight is 212 g/mol. The molecule has 0 aliphatic rings. The Labute approximate surface area is 94.2 Å². The molecule has 0 unspecified atom stereocenters. The summed E-state index contributed by atoms with van der Waals surface area (Å²) in [6.45, 7) is 0. The molecule has 0 amide bonds. The molecular formula is C13H12N2O. The van der Waals surface area contributed by atoms with Gasteiger partial charge in [-0.25, -0.2) is 0 Å². The molecule has 0 fully saturated rings.